The third-order valence-electron chi connectivity index (χ3n) is 3.54. The first-order chi connectivity index (χ1) is 12.3. The van der Waals surface area contributed by atoms with E-state index in [4.69, 9.17) is 0 Å². The SMILES string of the molecule is O=C(NCC[C@@H](O)c1ccccc1)C(=O)Nc1cccc(C(F)(F)F)c1. The monoisotopic (exact) mass is 366 g/mol. The van der Waals surface area contributed by atoms with Crippen LogP contribution in [0.25, 0.3) is 0 Å². The van der Waals surface area contributed by atoms with Crippen molar-refractivity contribution < 1.29 is 27.9 Å². The highest BCUT2D eigenvalue weighted by atomic mass is 19.4. The Balaban J connectivity index is 1.84. The zero-order valence-corrected chi connectivity index (χ0v) is 13.6. The number of amides is 2. The molecule has 2 rings (SSSR count). The fourth-order valence-corrected chi connectivity index (χ4v) is 2.21. The molecule has 26 heavy (non-hydrogen) atoms. The van der Waals surface area contributed by atoms with Crippen LogP contribution in [0.4, 0.5) is 18.9 Å². The number of hydrogen-bond acceptors (Lipinski definition) is 3. The molecule has 0 heterocycles. The molecule has 0 bridgehead atoms. The minimum Gasteiger partial charge on any atom is -0.388 e. The molecule has 0 aliphatic carbocycles. The number of anilines is 1. The molecule has 0 radical (unpaired) electrons. The van der Waals surface area contributed by atoms with E-state index in [1.165, 1.54) is 6.07 Å². The molecule has 0 unspecified atom stereocenters. The number of aliphatic hydroxyl groups excluding tert-OH is 1. The van der Waals surface area contributed by atoms with E-state index in [-0.39, 0.29) is 18.7 Å². The summed E-state index contributed by atoms with van der Waals surface area (Å²) in [5, 5.41) is 14.4. The lowest BCUT2D eigenvalue weighted by molar-refractivity contribution is -0.137. The third-order valence-corrected chi connectivity index (χ3v) is 3.54. The van der Waals surface area contributed by atoms with Crippen molar-refractivity contribution >= 4 is 17.5 Å². The van der Waals surface area contributed by atoms with Gasteiger partial charge in [-0.15, -0.1) is 0 Å². The zero-order valence-electron chi connectivity index (χ0n) is 13.6. The van der Waals surface area contributed by atoms with E-state index in [1.54, 1.807) is 30.3 Å². The number of benzene rings is 2. The molecule has 3 N–H and O–H groups in total. The Morgan fingerprint density at radius 2 is 1.69 bits per heavy atom. The fourth-order valence-electron chi connectivity index (χ4n) is 2.21. The summed E-state index contributed by atoms with van der Waals surface area (Å²) in [6.07, 6.45) is -5.16. The molecule has 1 atom stereocenters. The maximum Gasteiger partial charge on any atom is 0.416 e. The predicted molar refractivity (Wildman–Crippen MR) is 89.1 cm³/mol. The van der Waals surface area contributed by atoms with Crippen molar-refractivity contribution in [1.82, 2.24) is 5.32 Å². The molecule has 2 amide bonds. The minimum absolute atomic E-state index is 0.0326. The van der Waals surface area contributed by atoms with Crippen LogP contribution in [0.2, 0.25) is 0 Å². The van der Waals surface area contributed by atoms with E-state index in [0.717, 1.165) is 18.2 Å². The quantitative estimate of drug-likeness (QED) is 0.712. The number of hydrogen-bond donors (Lipinski definition) is 3. The van der Waals surface area contributed by atoms with Crippen molar-refractivity contribution in [2.45, 2.75) is 18.7 Å². The van der Waals surface area contributed by atoms with Gasteiger partial charge in [0.05, 0.1) is 11.7 Å². The van der Waals surface area contributed by atoms with Crippen molar-refractivity contribution in [2.75, 3.05) is 11.9 Å². The lowest BCUT2D eigenvalue weighted by Gasteiger charge is -2.12. The van der Waals surface area contributed by atoms with E-state index >= 15 is 0 Å². The number of carbonyl (C=O) groups excluding carboxylic acids is 2. The van der Waals surface area contributed by atoms with Crippen LogP contribution in [-0.2, 0) is 15.8 Å². The molecule has 0 fully saturated rings. The summed E-state index contributed by atoms with van der Waals surface area (Å²) in [6.45, 7) is 0.0326. The maximum absolute atomic E-state index is 12.6. The van der Waals surface area contributed by atoms with Gasteiger partial charge >= 0.3 is 18.0 Å². The smallest absolute Gasteiger partial charge is 0.388 e. The van der Waals surface area contributed by atoms with E-state index in [1.807, 2.05) is 0 Å². The van der Waals surface area contributed by atoms with Gasteiger partial charge in [-0.25, -0.2) is 0 Å². The van der Waals surface area contributed by atoms with E-state index in [9.17, 15) is 27.9 Å². The van der Waals surface area contributed by atoms with Crippen molar-refractivity contribution in [3.05, 3.63) is 65.7 Å². The number of nitrogens with one attached hydrogen (secondary N) is 2. The van der Waals surface area contributed by atoms with Crippen LogP contribution >= 0.6 is 0 Å². The Morgan fingerprint density at radius 1 is 1.00 bits per heavy atom. The molecule has 2 aromatic carbocycles. The largest absolute Gasteiger partial charge is 0.416 e. The molecular weight excluding hydrogens is 349 g/mol. The summed E-state index contributed by atoms with van der Waals surface area (Å²) in [5.74, 6) is -2.08. The predicted octanol–water partition coefficient (Wildman–Crippen LogP) is 2.88. The first-order valence-electron chi connectivity index (χ1n) is 7.77. The summed E-state index contributed by atoms with van der Waals surface area (Å²) >= 11 is 0. The number of aliphatic hydroxyl groups is 1. The van der Waals surface area contributed by atoms with Gasteiger partial charge in [-0.3, -0.25) is 9.59 Å². The number of alkyl halides is 3. The average molecular weight is 366 g/mol. The van der Waals surface area contributed by atoms with Gasteiger partial charge in [0, 0.05) is 12.2 Å². The van der Waals surface area contributed by atoms with Crippen molar-refractivity contribution in [3.63, 3.8) is 0 Å². The van der Waals surface area contributed by atoms with Crippen molar-refractivity contribution in [1.29, 1.82) is 0 Å². The van der Waals surface area contributed by atoms with Crippen LogP contribution in [0.5, 0.6) is 0 Å². The van der Waals surface area contributed by atoms with Crippen LogP contribution in [-0.4, -0.2) is 23.5 Å². The standard InChI is InChI=1S/C18H17F3N2O3/c19-18(20,21)13-7-4-8-14(11-13)23-17(26)16(25)22-10-9-15(24)12-5-2-1-3-6-12/h1-8,11,15,24H,9-10H2,(H,22,25)(H,23,26)/t15-/m1/s1. The Labute approximate surface area is 147 Å². The zero-order chi connectivity index (χ0) is 19.2. The van der Waals surface area contributed by atoms with Gasteiger partial charge in [0.25, 0.3) is 0 Å². The van der Waals surface area contributed by atoms with Crippen LogP contribution in [0.1, 0.15) is 23.7 Å². The molecular formula is C18H17F3N2O3. The summed E-state index contributed by atoms with van der Waals surface area (Å²) in [5.41, 5.74) is -0.388. The highest BCUT2D eigenvalue weighted by molar-refractivity contribution is 6.39. The number of halogens is 3. The van der Waals surface area contributed by atoms with E-state index in [2.05, 4.69) is 10.6 Å². The van der Waals surface area contributed by atoms with E-state index < -0.39 is 29.7 Å². The molecule has 0 saturated heterocycles. The number of rotatable bonds is 5. The van der Waals surface area contributed by atoms with E-state index in [0.29, 0.717) is 5.56 Å². The summed E-state index contributed by atoms with van der Waals surface area (Å²) in [6, 6.07) is 12.8. The molecule has 5 nitrogen and oxygen atoms in total. The van der Waals surface area contributed by atoms with Crippen LogP contribution < -0.4 is 10.6 Å². The lowest BCUT2D eigenvalue weighted by atomic mass is 10.1. The topological polar surface area (TPSA) is 78.4 Å². The van der Waals surface area contributed by atoms with Gasteiger partial charge in [0.2, 0.25) is 0 Å². The van der Waals surface area contributed by atoms with Gasteiger partial charge in [0.15, 0.2) is 0 Å². The molecule has 0 spiro atoms. The first-order valence-corrected chi connectivity index (χ1v) is 7.77. The Bertz CT molecular complexity index is 764. The Morgan fingerprint density at radius 3 is 2.35 bits per heavy atom. The Hall–Kier alpha value is -2.87. The van der Waals surface area contributed by atoms with Gasteiger partial charge in [-0.1, -0.05) is 36.4 Å². The summed E-state index contributed by atoms with van der Waals surface area (Å²) in [7, 11) is 0. The lowest BCUT2D eigenvalue weighted by Crippen LogP contribution is -2.36. The van der Waals surface area contributed by atoms with Gasteiger partial charge in [-0.05, 0) is 30.2 Å². The second kappa shape index (κ2) is 8.48. The number of carbonyl (C=O) groups is 2. The maximum atomic E-state index is 12.6. The highest BCUT2D eigenvalue weighted by Crippen LogP contribution is 2.30. The molecule has 2 aromatic rings. The molecule has 138 valence electrons. The molecule has 0 saturated carbocycles. The first kappa shape index (κ1) is 19.5. The second-order valence-corrected chi connectivity index (χ2v) is 5.50. The highest BCUT2D eigenvalue weighted by Gasteiger charge is 2.30. The minimum atomic E-state index is -4.55. The van der Waals surface area contributed by atoms with Crippen LogP contribution in [0.15, 0.2) is 54.6 Å². The summed E-state index contributed by atoms with van der Waals surface area (Å²) in [4.78, 5) is 23.5. The normalized spacial score (nSPS) is 12.3. The van der Waals surface area contributed by atoms with Crippen molar-refractivity contribution in [3.8, 4) is 0 Å². The Kier molecular flexibility index (Phi) is 6.35. The third kappa shape index (κ3) is 5.59. The van der Waals surface area contributed by atoms with Gasteiger partial charge in [0.1, 0.15) is 0 Å². The van der Waals surface area contributed by atoms with Crippen LogP contribution in [0, 0.1) is 0 Å². The van der Waals surface area contributed by atoms with Gasteiger partial charge in [-0.2, -0.15) is 13.2 Å². The summed E-state index contributed by atoms with van der Waals surface area (Å²) < 4.78 is 37.9. The van der Waals surface area contributed by atoms with Crippen LogP contribution in [0.3, 0.4) is 0 Å². The molecule has 0 aromatic heterocycles. The molecule has 0 aliphatic rings. The van der Waals surface area contributed by atoms with Gasteiger partial charge < -0.3 is 15.7 Å². The molecule has 0 aliphatic heterocycles. The molecule has 8 heteroatoms. The fraction of sp³-hybridized carbons (Fsp3) is 0.222. The van der Waals surface area contributed by atoms with Crippen molar-refractivity contribution in [2.24, 2.45) is 0 Å². The second-order valence-electron chi connectivity index (χ2n) is 5.50. The average Bonchev–Trinajstić information content (AvgIpc) is 2.61.